The van der Waals surface area contributed by atoms with Crippen LogP contribution in [-0.4, -0.2) is 49.9 Å². The second kappa shape index (κ2) is 12.8. The Bertz CT molecular complexity index is 1210. The lowest BCUT2D eigenvalue weighted by atomic mass is 10.0. The first-order valence-electron chi connectivity index (χ1n) is 12.4. The predicted molar refractivity (Wildman–Crippen MR) is 157 cm³/mol. The number of hydrogen-bond donors (Lipinski definition) is 0. The van der Waals surface area contributed by atoms with E-state index in [-0.39, 0.29) is 36.3 Å². The molecule has 2 amide bonds. The van der Waals surface area contributed by atoms with Crippen molar-refractivity contribution in [1.82, 2.24) is 9.97 Å². The van der Waals surface area contributed by atoms with Gasteiger partial charge in [0.25, 0.3) is 0 Å². The van der Waals surface area contributed by atoms with Crippen molar-refractivity contribution in [3.8, 4) is 11.3 Å². The Hall–Kier alpha value is -2.89. The Kier molecular flexibility index (Phi) is 10.5. The number of halogens is 1. The number of esters is 1. The molecule has 0 unspecified atom stereocenters. The summed E-state index contributed by atoms with van der Waals surface area (Å²) in [6.45, 7) is 14.5. The van der Waals surface area contributed by atoms with Gasteiger partial charge in [-0.05, 0) is 87.7 Å². The van der Waals surface area contributed by atoms with Crippen molar-refractivity contribution in [1.29, 1.82) is 0 Å². The van der Waals surface area contributed by atoms with Gasteiger partial charge in [-0.25, -0.2) is 9.69 Å². The van der Waals surface area contributed by atoms with Gasteiger partial charge in [0.2, 0.25) is 5.91 Å². The van der Waals surface area contributed by atoms with E-state index in [9.17, 15) is 14.4 Å². The maximum Gasteiger partial charge on any atom is 0.421 e. The second-order valence-corrected chi connectivity index (χ2v) is 12.3. The molecule has 0 aliphatic heterocycles. The maximum atomic E-state index is 13.1. The molecule has 2 heterocycles. The van der Waals surface area contributed by atoms with Crippen LogP contribution < -0.4 is 4.90 Å². The first-order chi connectivity index (χ1) is 17.5. The van der Waals surface area contributed by atoms with Gasteiger partial charge in [0, 0.05) is 37.0 Å². The number of amides is 2. The number of nitrogens with zero attached hydrogens (tertiary/aromatic N) is 4. The molecule has 10 heteroatoms. The summed E-state index contributed by atoms with van der Waals surface area (Å²) in [7, 11) is 1.67. The molecule has 0 spiro atoms. The van der Waals surface area contributed by atoms with Crippen molar-refractivity contribution in [3.05, 3.63) is 41.9 Å². The van der Waals surface area contributed by atoms with Gasteiger partial charge in [-0.3, -0.25) is 24.5 Å². The Balaban J connectivity index is 2.52. The highest BCUT2D eigenvalue weighted by Crippen LogP contribution is 2.27. The number of anilines is 1. The summed E-state index contributed by atoms with van der Waals surface area (Å²) < 4.78 is 11.7. The quantitative estimate of drug-likeness (QED) is 0.204. The Morgan fingerprint density at radius 1 is 1.00 bits per heavy atom. The van der Waals surface area contributed by atoms with E-state index < -0.39 is 17.3 Å². The van der Waals surface area contributed by atoms with Crippen LogP contribution in [0, 0.1) is 5.92 Å². The van der Waals surface area contributed by atoms with Gasteiger partial charge in [-0.2, -0.15) is 0 Å². The SMILES string of the molecule is C/N=C(/I)c1cc(-c2cncc(N(C(=O)CC(C)C)C(=O)OC(C)(C)C)c2)ncc1CC(=O)OC(C)(C)C. The molecule has 0 aliphatic rings. The molecule has 2 aromatic rings. The van der Waals surface area contributed by atoms with Gasteiger partial charge in [-0.1, -0.05) is 13.8 Å². The van der Waals surface area contributed by atoms with E-state index >= 15 is 0 Å². The molecule has 0 radical (unpaired) electrons. The average Bonchev–Trinajstić information content (AvgIpc) is 2.76. The van der Waals surface area contributed by atoms with Crippen molar-refractivity contribution in [3.63, 3.8) is 0 Å². The summed E-state index contributed by atoms with van der Waals surface area (Å²) in [5.74, 6) is -0.711. The van der Waals surface area contributed by atoms with Crippen LogP contribution in [0.4, 0.5) is 10.5 Å². The van der Waals surface area contributed by atoms with Crippen molar-refractivity contribution in [2.45, 2.75) is 79.4 Å². The van der Waals surface area contributed by atoms with Crippen LogP contribution in [0.2, 0.25) is 0 Å². The third kappa shape index (κ3) is 9.45. The molecule has 0 bridgehead atoms. The highest BCUT2D eigenvalue weighted by molar-refractivity contribution is 14.1. The number of carbonyl (C=O) groups is 3. The van der Waals surface area contributed by atoms with Crippen LogP contribution in [0.1, 0.15) is 72.9 Å². The fourth-order valence-electron chi connectivity index (χ4n) is 3.42. The fourth-order valence-corrected chi connectivity index (χ4v) is 3.92. The Labute approximate surface area is 238 Å². The van der Waals surface area contributed by atoms with E-state index in [1.807, 2.05) is 40.7 Å². The zero-order valence-electron chi connectivity index (χ0n) is 23.6. The number of hydrogen-bond acceptors (Lipinski definition) is 8. The lowest BCUT2D eigenvalue weighted by molar-refractivity contribution is -0.153. The standard InChI is InChI=1S/C28H37IN4O5/c1-17(2)10-23(34)33(26(36)38-28(6,7)8)20-11-19(14-31-16-20)22-13-21(25(29)30-9)18(15-32-22)12-24(35)37-27(3,4)5/h11,13-17H,10,12H2,1-9H3/b30-25+. The molecule has 0 aliphatic carbocycles. The molecule has 2 rings (SSSR count). The zero-order chi connectivity index (χ0) is 28.8. The lowest BCUT2D eigenvalue weighted by Gasteiger charge is -2.26. The molecule has 0 aromatic carbocycles. The van der Waals surface area contributed by atoms with E-state index in [1.54, 1.807) is 46.3 Å². The first kappa shape index (κ1) is 31.3. The fraction of sp³-hybridized carbons (Fsp3) is 0.500. The normalized spacial score (nSPS) is 12.3. The maximum absolute atomic E-state index is 13.1. The van der Waals surface area contributed by atoms with E-state index in [0.29, 0.717) is 20.5 Å². The summed E-state index contributed by atoms with van der Waals surface area (Å²) in [5.41, 5.74) is 1.42. The summed E-state index contributed by atoms with van der Waals surface area (Å²) in [5, 5.41) is 0. The number of pyridine rings is 2. The summed E-state index contributed by atoms with van der Waals surface area (Å²) in [6, 6.07) is 3.48. The van der Waals surface area contributed by atoms with Crippen molar-refractivity contribution < 1.29 is 23.9 Å². The van der Waals surface area contributed by atoms with Crippen molar-refractivity contribution >= 4 is 50.0 Å². The number of rotatable bonds is 7. The minimum absolute atomic E-state index is 0.0380. The Morgan fingerprint density at radius 3 is 2.18 bits per heavy atom. The highest BCUT2D eigenvalue weighted by Gasteiger charge is 2.30. The lowest BCUT2D eigenvalue weighted by Crippen LogP contribution is -2.41. The zero-order valence-corrected chi connectivity index (χ0v) is 25.7. The number of aromatic nitrogens is 2. The van der Waals surface area contributed by atoms with Gasteiger partial charge in [0.1, 0.15) is 14.9 Å². The molecule has 0 N–H and O–H groups in total. The van der Waals surface area contributed by atoms with Crippen LogP contribution in [0.25, 0.3) is 11.3 Å². The number of aliphatic imine (C=N–C) groups is 1. The first-order valence-corrected chi connectivity index (χ1v) is 13.4. The van der Waals surface area contributed by atoms with Gasteiger partial charge in [-0.15, -0.1) is 0 Å². The van der Waals surface area contributed by atoms with E-state index in [4.69, 9.17) is 9.47 Å². The van der Waals surface area contributed by atoms with Crippen LogP contribution in [0.15, 0.2) is 35.7 Å². The monoisotopic (exact) mass is 636 g/mol. The molecular formula is C28H37IN4O5. The molecular weight excluding hydrogens is 599 g/mol. The summed E-state index contributed by atoms with van der Waals surface area (Å²) >= 11 is 2.11. The van der Waals surface area contributed by atoms with Gasteiger partial charge < -0.3 is 9.47 Å². The van der Waals surface area contributed by atoms with Gasteiger partial charge in [0.05, 0.1) is 24.0 Å². The van der Waals surface area contributed by atoms with Crippen LogP contribution in [-0.2, 0) is 25.5 Å². The molecule has 38 heavy (non-hydrogen) atoms. The van der Waals surface area contributed by atoms with Crippen LogP contribution in [0.3, 0.4) is 0 Å². The molecule has 2 aromatic heterocycles. The number of carbonyl (C=O) groups excluding carboxylic acids is 3. The van der Waals surface area contributed by atoms with E-state index in [1.165, 1.54) is 6.20 Å². The predicted octanol–water partition coefficient (Wildman–Crippen LogP) is 6.15. The second-order valence-electron chi connectivity index (χ2n) is 11.2. The number of imide groups is 1. The van der Waals surface area contributed by atoms with Crippen molar-refractivity contribution in [2.24, 2.45) is 10.9 Å². The van der Waals surface area contributed by atoms with Gasteiger partial charge >= 0.3 is 12.1 Å². The largest absolute Gasteiger partial charge is 0.460 e. The highest BCUT2D eigenvalue weighted by atomic mass is 127. The van der Waals surface area contributed by atoms with Crippen molar-refractivity contribution in [2.75, 3.05) is 11.9 Å². The summed E-state index contributed by atoms with van der Waals surface area (Å²) in [4.78, 5) is 52.7. The van der Waals surface area contributed by atoms with E-state index in [0.717, 1.165) is 10.5 Å². The average molecular weight is 637 g/mol. The third-order valence-electron chi connectivity index (χ3n) is 4.85. The van der Waals surface area contributed by atoms with Crippen LogP contribution in [0.5, 0.6) is 0 Å². The molecule has 9 nitrogen and oxygen atoms in total. The Morgan fingerprint density at radius 2 is 1.63 bits per heavy atom. The van der Waals surface area contributed by atoms with Crippen LogP contribution >= 0.6 is 22.6 Å². The number of ether oxygens (including phenoxy) is 2. The summed E-state index contributed by atoms with van der Waals surface area (Å²) in [6.07, 6.45) is 4.09. The molecule has 0 atom stereocenters. The molecule has 0 saturated carbocycles. The molecule has 0 fully saturated rings. The van der Waals surface area contributed by atoms with Gasteiger partial charge in [0.15, 0.2) is 0 Å². The molecule has 0 saturated heterocycles. The third-order valence-corrected chi connectivity index (χ3v) is 5.91. The topological polar surface area (TPSA) is 111 Å². The van der Waals surface area contributed by atoms with E-state index in [2.05, 4.69) is 37.6 Å². The minimum atomic E-state index is -0.783. The minimum Gasteiger partial charge on any atom is -0.460 e. The smallest absolute Gasteiger partial charge is 0.421 e. The molecule has 206 valence electrons.